The van der Waals surface area contributed by atoms with E-state index in [4.69, 9.17) is 0 Å². The Labute approximate surface area is 126 Å². The molecule has 1 aliphatic heterocycles. The molecule has 0 radical (unpaired) electrons. The summed E-state index contributed by atoms with van der Waals surface area (Å²) in [5, 5.41) is 9.80. The van der Waals surface area contributed by atoms with Gasteiger partial charge >= 0.3 is 0 Å². The maximum absolute atomic E-state index is 12.3. The number of thiophene rings is 1. The van der Waals surface area contributed by atoms with Crippen molar-refractivity contribution in [1.29, 1.82) is 0 Å². The highest BCUT2D eigenvalue weighted by Gasteiger charge is 2.25. The fourth-order valence-corrected chi connectivity index (χ4v) is 3.60. The van der Waals surface area contributed by atoms with E-state index in [2.05, 4.69) is 20.8 Å². The zero-order valence-electron chi connectivity index (χ0n) is 11.2. The van der Waals surface area contributed by atoms with Crippen molar-refractivity contribution in [3.05, 3.63) is 20.8 Å². The first kappa shape index (κ1) is 15.0. The molecule has 4 nitrogen and oxygen atoms in total. The highest BCUT2D eigenvalue weighted by molar-refractivity contribution is 9.11. The second-order valence-electron chi connectivity index (χ2n) is 5.48. The lowest BCUT2D eigenvalue weighted by Gasteiger charge is -2.37. The number of β-amino-alcohol motifs (C(OH)–C–C–N with tert-alkyl or cyclic N) is 1. The first-order chi connectivity index (χ1) is 8.85. The lowest BCUT2D eigenvalue weighted by molar-refractivity contribution is 0.0179. The maximum atomic E-state index is 12.3. The average molecular weight is 347 g/mol. The van der Waals surface area contributed by atoms with Gasteiger partial charge in [-0.25, -0.2) is 0 Å². The lowest BCUT2D eigenvalue weighted by Crippen LogP contribution is -2.51. The van der Waals surface area contributed by atoms with Crippen LogP contribution in [-0.4, -0.2) is 59.1 Å². The van der Waals surface area contributed by atoms with Gasteiger partial charge in [0.25, 0.3) is 5.91 Å². The summed E-state index contributed by atoms with van der Waals surface area (Å²) in [7, 11) is 0. The minimum atomic E-state index is -0.676. The minimum absolute atomic E-state index is 0.110. The predicted octanol–water partition coefficient (Wildman–Crippen LogP) is 2.04. The van der Waals surface area contributed by atoms with Gasteiger partial charge in [-0.2, -0.15) is 0 Å². The molecule has 0 saturated carbocycles. The van der Waals surface area contributed by atoms with E-state index >= 15 is 0 Å². The molecule has 1 N–H and O–H groups in total. The number of halogens is 1. The van der Waals surface area contributed by atoms with Crippen LogP contribution in [0.25, 0.3) is 0 Å². The fourth-order valence-electron chi connectivity index (χ4n) is 2.24. The Morgan fingerprint density at radius 1 is 1.37 bits per heavy atom. The molecule has 1 aromatic rings. The van der Waals surface area contributed by atoms with Crippen LogP contribution in [0, 0.1) is 0 Å². The molecule has 2 rings (SSSR count). The molecule has 1 aliphatic rings. The van der Waals surface area contributed by atoms with Crippen LogP contribution in [0.4, 0.5) is 0 Å². The van der Waals surface area contributed by atoms with Gasteiger partial charge in [-0.05, 0) is 41.9 Å². The van der Waals surface area contributed by atoms with Crippen molar-refractivity contribution in [2.24, 2.45) is 0 Å². The topological polar surface area (TPSA) is 43.8 Å². The van der Waals surface area contributed by atoms with Crippen LogP contribution in [0.1, 0.15) is 23.5 Å². The molecule has 0 aromatic carbocycles. The number of hydrogen-bond acceptors (Lipinski definition) is 4. The standard InChI is InChI=1S/C13H19BrN2O2S/c1-13(2,18)9-15-5-7-16(8-6-15)12(17)10-3-4-11(14)19-10/h3-4,18H,5-9H2,1-2H3. The third-order valence-electron chi connectivity index (χ3n) is 3.05. The van der Waals surface area contributed by atoms with Crippen LogP contribution in [0.5, 0.6) is 0 Å². The Kier molecular flexibility index (Phi) is 4.66. The van der Waals surface area contributed by atoms with Crippen molar-refractivity contribution >= 4 is 33.2 Å². The van der Waals surface area contributed by atoms with E-state index in [0.29, 0.717) is 6.54 Å². The smallest absolute Gasteiger partial charge is 0.264 e. The van der Waals surface area contributed by atoms with Gasteiger partial charge < -0.3 is 10.0 Å². The summed E-state index contributed by atoms with van der Waals surface area (Å²) in [6.45, 7) is 7.38. The molecule has 0 aliphatic carbocycles. The van der Waals surface area contributed by atoms with E-state index in [-0.39, 0.29) is 5.91 Å². The van der Waals surface area contributed by atoms with Gasteiger partial charge in [0.1, 0.15) is 0 Å². The molecule has 1 fully saturated rings. The Morgan fingerprint density at radius 2 is 2.00 bits per heavy atom. The Hall–Kier alpha value is -0.430. The summed E-state index contributed by atoms with van der Waals surface area (Å²) < 4.78 is 0.983. The van der Waals surface area contributed by atoms with Crippen molar-refractivity contribution in [3.63, 3.8) is 0 Å². The number of hydrogen-bond donors (Lipinski definition) is 1. The van der Waals surface area contributed by atoms with Crippen molar-refractivity contribution in [3.8, 4) is 0 Å². The molecule has 1 aromatic heterocycles. The molecular formula is C13H19BrN2O2S. The van der Waals surface area contributed by atoms with E-state index < -0.39 is 5.60 Å². The Bertz CT molecular complexity index is 448. The van der Waals surface area contributed by atoms with E-state index in [1.807, 2.05) is 30.9 Å². The van der Waals surface area contributed by atoms with E-state index in [1.54, 1.807) is 0 Å². The van der Waals surface area contributed by atoms with E-state index in [0.717, 1.165) is 34.8 Å². The summed E-state index contributed by atoms with van der Waals surface area (Å²) in [6.07, 6.45) is 0. The Morgan fingerprint density at radius 3 is 2.47 bits per heavy atom. The molecular weight excluding hydrogens is 328 g/mol. The van der Waals surface area contributed by atoms with Crippen LogP contribution in [-0.2, 0) is 0 Å². The summed E-state index contributed by atoms with van der Waals surface area (Å²) in [6, 6.07) is 3.77. The lowest BCUT2D eigenvalue weighted by atomic mass is 10.1. The maximum Gasteiger partial charge on any atom is 0.264 e. The third kappa shape index (κ3) is 4.27. The molecule has 19 heavy (non-hydrogen) atoms. The molecule has 0 atom stereocenters. The SMILES string of the molecule is CC(C)(O)CN1CCN(C(=O)c2ccc(Br)s2)CC1. The van der Waals surface area contributed by atoms with E-state index in [1.165, 1.54) is 11.3 Å². The van der Waals surface area contributed by atoms with Crippen LogP contribution >= 0.6 is 27.3 Å². The van der Waals surface area contributed by atoms with Gasteiger partial charge in [0, 0.05) is 32.7 Å². The highest BCUT2D eigenvalue weighted by Crippen LogP contribution is 2.23. The summed E-state index contributed by atoms with van der Waals surface area (Å²) in [4.78, 5) is 17.1. The van der Waals surface area contributed by atoms with E-state index in [9.17, 15) is 9.90 Å². The summed E-state index contributed by atoms with van der Waals surface area (Å²) >= 11 is 4.85. The monoisotopic (exact) mass is 346 g/mol. The third-order valence-corrected chi connectivity index (χ3v) is 4.67. The van der Waals surface area contributed by atoms with Crippen molar-refractivity contribution in [2.75, 3.05) is 32.7 Å². The van der Waals surface area contributed by atoms with Gasteiger partial charge in [0.15, 0.2) is 0 Å². The van der Waals surface area contributed by atoms with Crippen molar-refractivity contribution < 1.29 is 9.90 Å². The number of carbonyl (C=O) groups is 1. The molecule has 1 saturated heterocycles. The Balaban J connectivity index is 1.88. The predicted molar refractivity (Wildman–Crippen MR) is 80.7 cm³/mol. The van der Waals surface area contributed by atoms with Crippen LogP contribution in [0.2, 0.25) is 0 Å². The number of carbonyl (C=O) groups excluding carboxylic acids is 1. The fraction of sp³-hybridized carbons (Fsp3) is 0.615. The second kappa shape index (κ2) is 5.91. The van der Waals surface area contributed by atoms with Crippen LogP contribution < -0.4 is 0 Å². The average Bonchev–Trinajstić information content (AvgIpc) is 2.74. The number of aliphatic hydroxyl groups is 1. The zero-order chi connectivity index (χ0) is 14.0. The highest BCUT2D eigenvalue weighted by atomic mass is 79.9. The molecule has 0 spiro atoms. The molecule has 2 heterocycles. The van der Waals surface area contributed by atoms with Gasteiger partial charge in [0.05, 0.1) is 14.3 Å². The van der Waals surface area contributed by atoms with Crippen LogP contribution in [0.15, 0.2) is 15.9 Å². The van der Waals surface area contributed by atoms with Gasteiger partial charge in [0.2, 0.25) is 0 Å². The van der Waals surface area contributed by atoms with Gasteiger partial charge in [-0.3, -0.25) is 9.69 Å². The second-order valence-corrected chi connectivity index (χ2v) is 7.95. The zero-order valence-corrected chi connectivity index (χ0v) is 13.6. The molecule has 0 unspecified atom stereocenters. The summed E-state index contributed by atoms with van der Waals surface area (Å²) in [5.74, 6) is 0.110. The number of amides is 1. The molecule has 0 bridgehead atoms. The number of rotatable bonds is 3. The van der Waals surface area contributed by atoms with Crippen molar-refractivity contribution in [1.82, 2.24) is 9.80 Å². The van der Waals surface area contributed by atoms with Crippen molar-refractivity contribution in [2.45, 2.75) is 19.4 Å². The molecule has 6 heteroatoms. The largest absolute Gasteiger partial charge is 0.389 e. The molecule has 106 valence electrons. The summed E-state index contributed by atoms with van der Waals surface area (Å²) in [5.41, 5.74) is -0.676. The number of piperazine rings is 1. The minimum Gasteiger partial charge on any atom is -0.389 e. The first-order valence-electron chi connectivity index (χ1n) is 6.34. The molecule has 1 amide bonds. The van der Waals surface area contributed by atoms with Gasteiger partial charge in [-0.15, -0.1) is 11.3 Å². The van der Waals surface area contributed by atoms with Gasteiger partial charge in [-0.1, -0.05) is 0 Å². The number of nitrogens with zero attached hydrogens (tertiary/aromatic N) is 2. The normalized spacial score (nSPS) is 17.8. The van der Waals surface area contributed by atoms with Crippen LogP contribution in [0.3, 0.4) is 0 Å². The first-order valence-corrected chi connectivity index (χ1v) is 7.95. The quantitative estimate of drug-likeness (QED) is 0.910.